The maximum Gasteiger partial charge on any atom is 0.332 e. The molecule has 0 unspecified atom stereocenters. The van der Waals surface area contributed by atoms with Crippen molar-refractivity contribution in [1.29, 1.82) is 0 Å². The number of benzene rings is 1. The van der Waals surface area contributed by atoms with Gasteiger partial charge in [0.2, 0.25) is 11.8 Å². The normalized spacial score (nSPS) is 20.1. The molecule has 2 aromatic rings. The van der Waals surface area contributed by atoms with Gasteiger partial charge in [-0.15, -0.1) is 0 Å². The predicted molar refractivity (Wildman–Crippen MR) is 95.3 cm³/mol. The second-order valence-electron chi connectivity index (χ2n) is 6.36. The lowest BCUT2D eigenvalue weighted by Crippen LogP contribution is -2.46. The molecule has 0 saturated carbocycles. The maximum absolute atomic E-state index is 13.1. The highest BCUT2D eigenvalue weighted by Crippen LogP contribution is 2.31. The highest BCUT2D eigenvalue weighted by Gasteiger charge is 2.28. The van der Waals surface area contributed by atoms with Crippen molar-refractivity contribution in [1.82, 2.24) is 9.97 Å². The Labute approximate surface area is 150 Å². The lowest BCUT2D eigenvalue weighted by atomic mass is 10.2. The fraction of sp³-hybridized carbons (Fsp3) is 0.412. The molecule has 1 aromatic carbocycles. The van der Waals surface area contributed by atoms with Gasteiger partial charge < -0.3 is 15.0 Å². The van der Waals surface area contributed by atoms with Crippen LogP contribution in [0.4, 0.5) is 27.5 Å². The average Bonchev–Trinajstić information content (AvgIpc) is 2.55. The molecule has 138 valence electrons. The van der Waals surface area contributed by atoms with Crippen LogP contribution in [0.25, 0.3) is 0 Å². The Balaban J connectivity index is 1.99. The molecule has 1 saturated heterocycles. The zero-order chi connectivity index (χ0) is 18.8. The molecule has 1 N–H and O–H groups in total. The van der Waals surface area contributed by atoms with E-state index in [4.69, 9.17) is 4.74 Å². The van der Waals surface area contributed by atoms with Crippen LogP contribution in [-0.4, -0.2) is 40.2 Å². The van der Waals surface area contributed by atoms with Crippen LogP contribution in [0.2, 0.25) is 0 Å². The van der Waals surface area contributed by atoms with Crippen molar-refractivity contribution < 1.29 is 14.1 Å². The second-order valence-corrected chi connectivity index (χ2v) is 6.36. The summed E-state index contributed by atoms with van der Waals surface area (Å²) in [6.45, 7) is 6.68. The van der Waals surface area contributed by atoms with Gasteiger partial charge in [0.25, 0.3) is 0 Å². The minimum absolute atomic E-state index is 0.00589. The molecule has 0 spiro atoms. The summed E-state index contributed by atoms with van der Waals surface area (Å²) in [4.78, 5) is 21.6. The van der Waals surface area contributed by atoms with Crippen LogP contribution < -0.4 is 10.2 Å². The predicted octanol–water partition coefficient (Wildman–Crippen LogP) is 3.19. The number of anilines is 3. The van der Waals surface area contributed by atoms with Gasteiger partial charge in [-0.1, -0.05) is 0 Å². The summed E-state index contributed by atoms with van der Waals surface area (Å²) >= 11 is 0. The monoisotopic (exact) mass is 361 g/mol. The van der Waals surface area contributed by atoms with E-state index in [1.54, 1.807) is 6.92 Å². The molecule has 0 amide bonds. The van der Waals surface area contributed by atoms with Crippen LogP contribution in [0.5, 0.6) is 0 Å². The van der Waals surface area contributed by atoms with E-state index >= 15 is 0 Å². The third-order valence-corrected chi connectivity index (χ3v) is 4.04. The number of halogens is 1. The summed E-state index contributed by atoms with van der Waals surface area (Å²) in [5.74, 6) is 0.0940. The minimum Gasteiger partial charge on any atom is -0.372 e. The van der Waals surface area contributed by atoms with Gasteiger partial charge in [-0.05, 0) is 45.0 Å². The number of aryl methyl sites for hydroxylation is 1. The highest BCUT2D eigenvalue weighted by molar-refractivity contribution is 5.68. The van der Waals surface area contributed by atoms with Crippen molar-refractivity contribution in [3.8, 4) is 0 Å². The first kappa shape index (κ1) is 18.0. The molecule has 0 radical (unpaired) electrons. The van der Waals surface area contributed by atoms with Crippen LogP contribution in [-0.2, 0) is 4.74 Å². The van der Waals surface area contributed by atoms with Crippen molar-refractivity contribution in [2.45, 2.75) is 33.0 Å². The van der Waals surface area contributed by atoms with Crippen molar-refractivity contribution in [2.75, 3.05) is 23.3 Å². The molecule has 1 aliphatic heterocycles. The largest absolute Gasteiger partial charge is 0.372 e. The number of nitro groups is 1. The Morgan fingerprint density at radius 3 is 2.42 bits per heavy atom. The topological polar surface area (TPSA) is 93.4 Å². The summed E-state index contributed by atoms with van der Waals surface area (Å²) in [5.41, 5.74) is 0.561. The third kappa shape index (κ3) is 3.88. The molecule has 1 fully saturated rings. The number of hydrogen-bond acceptors (Lipinski definition) is 7. The summed E-state index contributed by atoms with van der Waals surface area (Å²) in [5, 5.41) is 14.4. The van der Waals surface area contributed by atoms with Crippen molar-refractivity contribution >= 4 is 23.1 Å². The number of aromatic nitrogens is 2. The lowest BCUT2D eigenvalue weighted by Gasteiger charge is -2.35. The van der Waals surface area contributed by atoms with E-state index < -0.39 is 4.92 Å². The Morgan fingerprint density at radius 2 is 1.85 bits per heavy atom. The number of ether oxygens (including phenoxy) is 1. The molecule has 1 aromatic heterocycles. The molecular weight excluding hydrogens is 341 g/mol. The molecule has 0 aliphatic carbocycles. The standard InChI is InChI=1S/C17H20FN5O3/c1-10-8-22(9-11(2)26-10)17-19-12(3)15(23(24)25)16(21-17)20-14-6-4-13(18)5-7-14/h4-7,10-11H,8-9H2,1-3H3,(H,19,20,21)/t10-,11-/m0/s1. The van der Waals surface area contributed by atoms with E-state index in [9.17, 15) is 14.5 Å². The third-order valence-electron chi connectivity index (χ3n) is 4.04. The van der Waals surface area contributed by atoms with Crippen molar-refractivity contribution in [3.63, 3.8) is 0 Å². The zero-order valence-electron chi connectivity index (χ0n) is 14.8. The maximum atomic E-state index is 13.1. The fourth-order valence-corrected chi connectivity index (χ4v) is 3.01. The number of nitrogens with one attached hydrogen (secondary N) is 1. The molecular formula is C17H20FN5O3. The van der Waals surface area contributed by atoms with Crippen LogP contribution in [0, 0.1) is 22.9 Å². The second kappa shape index (κ2) is 7.20. The van der Waals surface area contributed by atoms with Gasteiger partial charge in [0.05, 0.1) is 17.1 Å². The first-order valence-corrected chi connectivity index (χ1v) is 8.29. The molecule has 2 heterocycles. The first-order valence-electron chi connectivity index (χ1n) is 8.29. The van der Waals surface area contributed by atoms with E-state index in [2.05, 4.69) is 15.3 Å². The fourth-order valence-electron chi connectivity index (χ4n) is 3.01. The van der Waals surface area contributed by atoms with Gasteiger partial charge in [0, 0.05) is 18.8 Å². The lowest BCUT2D eigenvalue weighted by molar-refractivity contribution is -0.385. The Bertz CT molecular complexity index is 805. The summed E-state index contributed by atoms with van der Waals surface area (Å²) in [6.07, 6.45) is 0.0118. The van der Waals surface area contributed by atoms with E-state index in [-0.39, 0.29) is 35.2 Å². The number of nitrogens with zero attached hydrogens (tertiary/aromatic N) is 4. The molecule has 26 heavy (non-hydrogen) atoms. The van der Waals surface area contributed by atoms with Crippen LogP contribution in [0.15, 0.2) is 24.3 Å². The smallest absolute Gasteiger partial charge is 0.332 e. The molecule has 3 rings (SSSR count). The van der Waals surface area contributed by atoms with Gasteiger partial charge in [0.1, 0.15) is 11.5 Å². The van der Waals surface area contributed by atoms with E-state index in [1.807, 2.05) is 18.7 Å². The van der Waals surface area contributed by atoms with Gasteiger partial charge in [-0.3, -0.25) is 10.1 Å². The van der Waals surface area contributed by atoms with Gasteiger partial charge in [-0.2, -0.15) is 4.98 Å². The molecule has 9 heteroatoms. The summed E-state index contributed by atoms with van der Waals surface area (Å²) < 4.78 is 18.8. The van der Waals surface area contributed by atoms with Gasteiger partial charge in [0.15, 0.2) is 0 Å². The number of hydrogen-bond donors (Lipinski definition) is 1. The van der Waals surface area contributed by atoms with Crippen LogP contribution >= 0.6 is 0 Å². The zero-order valence-corrected chi connectivity index (χ0v) is 14.8. The molecule has 2 atom stereocenters. The SMILES string of the molecule is Cc1nc(N2C[C@H](C)O[C@@H](C)C2)nc(Nc2ccc(F)cc2)c1[N+](=O)[O-]. The van der Waals surface area contributed by atoms with Crippen molar-refractivity contribution in [2.24, 2.45) is 0 Å². The minimum atomic E-state index is -0.518. The van der Waals surface area contributed by atoms with E-state index in [1.165, 1.54) is 24.3 Å². The first-order chi connectivity index (χ1) is 12.3. The van der Waals surface area contributed by atoms with Crippen molar-refractivity contribution in [3.05, 3.63) is 45.9 Å². The Morgan fingerprint density at radius 1 is 1.23 bits per heavy atom. The average molecular weight is 361 g/mol. The van der Waals surface area contributed by atoms with E-state index in [0.29, 0.717) is 24.7 Å². The van der Waals surface area contributed by atoms with Crippen LogP contribution in [0.1, 0.15) is 19.5 Å². The number of morpholine rings is 1. The highest BCUT2D eigenvalue weighted by atomic mass is 19.1. The Hall–Kier alpha value is -2.81. The summed E-state index contributed by atoms with van der Waals surface area (Å²) in [6, 6.07) is 5.53. The summed E-state index contributed by atoms with van der Waals surface area (Å²) in [7, 11) is 0. The van der Waals surface area contributed by atoms with Gasteiger partial charge in [-0.25, -0.2) is 9.37 Å². The van der Waals surface area contributed by atoms with Crippen LogP contribution in [0.3, 0.4) is 0 Å². The number of rotatable bonds is 4. The van der Waals surface area contributed by atoms with E-state index in [0.717, 1.165) is 0 Å². The molecule has 1 aliphatic rings. The molecule has 0 bridgehead atoms. The Kier molecular flexibility index (Phi) is 4.99. The van der Waals surface area contributed by atoms with Gasteiger partial charge >= 0.3 is 5.69 Å². The molecule has 8 nitrogen and oxygen atoms in total. The quantitative estimate of drug-likeness (QED) is 0.660.